The topological polar surface area (TPSA) is 70.5 Å². The van der Waals surface area contributed by atoms with Crippen LogP contribution in [0.15, 0.2) is 66.7 Å². The highest BCUT2D eigenvalue weighted by molar-refractivity contribution is 6.30. The number of hydrogen-bond acceptors (Lipinski definition) is 3. The molecule has 6 heteroatoms. The van der Waals surface area contributed by atoms with Gasteiger partial charge in [-0.15, -0.1) is 0 Å². The molecule has 2 aromatic carbocycles. The number of aromatic carboxylic acids is 1. The quantitative estimate of drug-likeness (QED) is 0.564. The van der Waals surface area contributed by atoms with Gasteiger partial charge in [0.05, 0.1) is 23.0 Å². The Morgan fingerprint density at radius 3 is 2.61 bits per heavy atom. The minimum Gasteiger partial charge on any atom is -0.478 e. The lowest BCUT2D eigenvalue weighted by Crippen LogP contribution is -2.31. The van der Waals surface area contributed by atoms with Crippen LogP contribution in [0.1, 0.15) is 46.9 Å². The highest BCUT2D eigenvalue weighted by Crippen LogP contribution is 2.34. The van der Waals surface area contributed by atoms with Crippen molar-refractivity contribution in [2.75, 3.05) is 6.54 Å². The molecular formula is C25H23ClN2O3. The molecule has 3 aromatic rings. The first kappa shape index (κ1) is 21.1. The fourth-order valence-electron chi connectivity index (χ4n) is 4.10. The van der Waals surface area contributed by atoms with E-state index in [4.69, 9.17) is 16.6 Å². The van der Waals surface area contributed by atoms with Crippen molar-refractivity contribution in [3.05, 3.63) is 88.6 Å². The zero-order chi connectivity index (χ0) is 21.8. The molecule has 1 N–H and O–H groups in total. The van der Waals surface area contributed by atoms with Gasteiger partial charge in [0.2, 0.25) is 5.91 Å². The molecule has 0 spiro atoms. The first-order valence-corrected chi connectivity index (χ1v) is 10.7. The Bertz CT molecular complexity index is 1100. The molecule has 1 aliphatic heterocycles. The summed E-state index contributed by atoms with van der Waals surface area (Å²) in [4.78, 5) is 31.3. The lowest BCUT2D eigenvalue weighted by Gasteiger charge is -2.25. The fourth-order valence-corrected chi connectivity index (χ4v) is 4.29. The van der Waals surface area contributed by atoms with Gasteiger partial charge in [-0.2, -0.15) is 0 Å². The van der Waals surface area contributed by atoms with Crippen molar-refractivity contribution in [1.29, 1.82) is 0 Å². The number of aryl methyl sites for hydroxylation is 1. The van der Waals surface area contributed by atoms with Crippen LogP contribution in [-0.2, 0) is 11.2 Å². The van der Waals surface area contributed by atoms with Crippen LogP contribution >= 0.6 is 11.6 Å². The van der Waals surface area contributed by atoms with Crippen molar-refractivity contribution in [3.63, 3.8) is 0 Å². The Morgan fingerprint density at radius 2 is 1.87 bits per heavy atom. The van der Waals surface area contributed by atoms with E-state index in [0.717, 1.165) is 18.4 Å². The van der Waals surface area contributed by atoms with E-state index in [1.54, 1.807) is 36.4 Å². The molecule has 0 aliphatic carbocycles. The van der Waals surface area contributed by atoms with Crippen LogP contribution < -0.4 is 0 Å². The van der Waals surface area contributed by atoms with Gasteiger partial charge in [0, 0.05) is 23.6 Å². The first-order chi connectivity index (χ1) is 15.0. The van der Waals surface area contributed by atoms with Crippen LogP contribution in [-0.4, -0.2) is 33.4 Å². The minimum absolute atomic E-state index is 0.0970. The van der Waals surface area contributed by atoms with Crippen LogP contribution in [0.25, 0.3) is 11.3 Å². The summed E-state index contributed by atoms with van der Waals surface area (Å²) in [7, 11) is 0. The van der Waals surface area contributed by atoms with Crippen LogP contribution in [0.5, 0.6) is 0 Å². The number of amides is 1. The van der Waals surface area contributed by atoms with Gasteiger partial charge in [0.25, 0.3) is 0 Å². The number of hydrogen-bond donors (Lipinski definition) is 1. The largest absolute Gasteiger partial charge is 0.478 e. The third-order valence-corrected chi connectivity index (χ3v) is 5.87. The monoisotopic (exact) mass is 434 g/mol. The van der Waals surface area contributed by atoms with Gasteiger partial charge < -0.3 is 10.0 Å². The smallest absolute Gasteiger partial charge is 0.337 e. The van der Waals surface area contributed by atoms with Gasteiger partial charge in [-0.05, 0) is 49.1 Å². The van der Waals surface area contributed by atoms with E-state index in [2.05, 4.69) is 0 Å². The van der Waals surface area contributed by atoms with E-state index in [9.17, 15) is 14.7 Å². The van der Waals surface area contributed by atoms with Gasteiger partial charge in [0.1, 0.15) is 0 Å². The van der Waals surface area contributed by atoms with Gasteiger partial charge >= 0.3 is 5.97 Å². The molecule has 1 aliphatic rings. The molecule has 0 bridgehead atoms. The number of aromatic nitrogens is 1. The van der Waals surface area contributed by atoms with E-state index >= 15 is 0 Å². The number of halogens is 1. The predicted molar refractivity (Wildman–Crippen MR) is 120 cm³/mol. The maximum Gasteiger partial charge on any atom is 0.337 e. The second-order valence-electron chi connectivity index (χ2n) is 7.68. The number of pyridine rings is 1. The molecule has 31 heavy (non-hydrogen) atoms. The molecule has 0 radical (unpaired) electrons. The van der Waals surface area contributed by atoms with Crippen molar-refractivity contribution in [1.82, 2.24) is 9.88 Å². The number of rotatable bonds is 6. The predicted octanol–water partition coefficient (Wildman–Crippen LogP) is 5.40. The summed E-state index contributed by atoms with van der Waals surface area (Å²) in [6.45, 7) is 0.688. The molecule has 158 valence electrons. The zero-order valence-electron chi connectivity index (χ0n) is 17.0. The fraction of sp³-hybridized carbons (Fsp3) is 0.240. The van der Waals surface area contributed by atoms with E-state index in [-0.39, 0.29) is 17.5 Å². The van der Waals surface area contributed by atoms with Crippen molar-refractivity contribution in [2.24, 2.45) is 0 Å². The Labute approximate surface area is 186 Å². The lowest BCUT2D eigenvalue weighted by molar-refractivity contribution is -0.132. The summed E-state index contributed by atoms with van der Waals surface area (Å²) in [5.74, 6) is -0.948. The SMILES string of the molecule is O=C(O)c1ccc([C@@H]2CCCN2C(=O)CCc2ccccc2)nc1-c1cccc(Cl)c1. The Morgan fingerprint density at radius 1 is 1.06 bits per heavy atom. The van der Waals surface area contributed by atoms with E-state index in [1.165, 1.54) is 0 Å². The van der Waals surface area contributed by atoms with E-state index < -0.39 is 5.97 Å². The van der Waals surface area contributed by atoms with Crippen LogP contribution in [0, 0.1) is 0 Å². The third kappa shape index (κ3) is 4.78. The Hall–Kier alpha value is -3.18. The summed E-state index contributed by atoms with van der Waals surface area (Å²) < 4.78 is 0. The lowest BCUT2D eigenvalue weighted by atomic mass is 10.0. The molecule has 1 saturated heterocycles. The molecule has 2 heterocycles. The standard InChI is InChI=1S/C25H23ClN2O3/c26-19-9-4-8-18(16-19)24-20(25(30)31)12-13-21(27-24)22-10-5-15-28(22)23(29)14-11-17-6-2-1-3-7-17/h1-4,6-9,12-13,16,22H,5,10-11,14-15H2,(H,30,31)/t22-/m0/s1. The number of likely N-dealkylation sites (tertiary alicyclic amines) is 1. The molecule has 4 rings (SSSR count). The van der Waals surface area contributed by atoms with Gasteiger partial charge in [-0.25, -0.2) is 9.78 Å². The highest BCUT2D eigenvalue weighted by Gasteiger charge is 2.31. The maximum atomic E-state index is 13.0. The molecule has 1 amide bonds. The normalized spacial score (nSPS) is 15.8. The van der Waals surface area contributed by atoms with Crippen molar-refractivity contribution in [3.8, 4) is 11.3 Å². The van der Waals surface area contributed by atoms with E-state index in [1.807, 2.05) is 35.2 Å². The van der Waals surface area contributed by atoms with Gasteiger partial charge in [-0.3, -0.25) is 4.79 Å². The number of nitrogens with zero attached hydrogens (tertiary/aromatic N) is 2. The second kappa shape index (κ2) is 9.31. The number of benzene rings is 2. The van der Waals surface area contributed by atoms with Crippen LogP contribution in [0.2, 0.25) is 5.02 Å². The summed E-state index contributed by atoms with van der Waals surface area (Å²) in [6, 6.07) is 20.1. The molecular weight excluding hydrogens is 412 g/mol. The summed E-state index contributed by atoms with van der Waals surface area (Å²) >= 11 is 6.12. The average Bonchev–Trinajstić information content (AvgIpc) is 3.28. The van der Waals surface area contributed by atoms with Crippen molar-refractivity contribution >= 4 is 23.5 Å². The summed E-state index contributed by atoms with van der Waals surface area (Å²) in [6.07, 6.45) is 2.85. The summed E-state index contributed by atoms with van der Waals surface area (Å²) in [5, 5.41) is 10.1. The number of carbonyl (C=O) groups is 2. The molecule has 5 nitrogen and oxygen atoms in total. The van der Waals surface area contributed by atoms with Gasteiger partial charge in [0.15, 0.2) is 0 Å². The van der Waals surface area contributed by atoms with Gasteiger partial charge in [-0.1, -0.05) is 54.1 Å². The highest BCUT2D eigenvalue weighted by atomic mass is 35.5. The Kier molecular flexibility index (Phi) is 6.33. The van der Waals surface area contributed by atoms with E-state index in [0.29, 0.717) is 41.4 Å². The first-order valence-electron chi connectivity index (χ1n) is 10.4. The van der Waals surface area contributed by atoms with Crippen LogP contribution in [0.3, 0.4) is 0 Å². The van der Waals surface area contributed by atoms with Crippen LogP contribution in [0.4, 0.5) is 0 Å². The van der Waals surface area contributed by atoms with Crippen molar-refractivity contribution in [2.45, 2.75) is 31.7 Å². The molecule has 1 fully saturated rings. The maximum absolute atomic E-state index is 13.0. The molecule has 0 unspecified atom stereocenters. The zero-order valence-corrected chi connectivity index (χ0v) is 17.8. The van der Waals surface area contributed by atoms with Crippen molar-refractivity contribution < 1.29 is 14.7 Å². The molecule has 0 saturated carbocycles. The second-order valence-corrected chi connectivity index (χ2v) is 8.11. The average molecular weight is 435 g/mol. The molecule has 1 aromatic heterocycles. The molecule has 1 atom stereocenters. The third-order valence-electron chi connectivity index (χ3n) is 5.63. The summed E-state index contributed by atoms with van der Waals surface area (Å²) in [5.41, 5.74) is 2.98. The number of carboxylic acids is 1. The number of carbonyl (C=O) groups excluding carboxylic acids is 1. The minimum atomic E-state index is -1.05. The Balaban J connectivity index is 1.59. The number of carboxylic acid groups (broad SMARTS) is 1.